The fraction of sp³-hybridized carbons (Fsp3) is 0.194. The van der Waals surface area contributed by atoms with E-state index in [-0.39, 0.29) is 12.2 Å². The molecule has 6 nitrogen and oxygen atoms in total. The third kappa shape index (κ3) is 6.55. The van der Waals surface area contributed by atoms with Crippen LogP contribution in [0.25, 0.3) is 6.08 Å². The van der Waals surface area contributed by atoms with Gasteiger partial charge in [0.2, 0.25) is 0 Å². The Morgan fingerprint density at radius 3 is 2.46 bits per heavy atom. The minimum Gasteiger partial charge on any atom is -0.487 e. The van der Waals surface area contributed by atoms with Crippen LogP contribution in [0.4, 0.5) is 0 Å². The Kier molecular flexibility index (Phi) is 9.51. The molecule has 0 fully saturated rings. The van der Waals surface area contributed by atoms with Gasteiger partial charge in [-0.1, -0.05) is 53.3 Å². The van der Waals surface area contributed by atoms with Crippen LogP contribution in [0, 0.1) is 14.1 Å². The summed E-state index contributed by atoms with van der Waals surface area (Å²) in [6.45, 7) is 6.24. The second-order valence-electron chi connectivity index (χ2n) is 9.44. The molecule has 41 heavy (non-hydrogen) atoms. The standard InChI is InChI=1S/C31H25BrI2N2O4S/c1-4-39-30(38)26-18(3)35-31-36(27(26)21-9-5-17(2)6-10-21)29(37)25(41-31)15-20-13-23(32)28(24(34)14-20)40-16-19-7-11-22(33)12-8-19/h5-15,27H,4,16H2,1-3H3/b25-15+/t27-/m1/s1. The molecule has 0 saturated carbocycles. The molecule has 0 radical (unpaired) electrons. The van der Waals surface area contributed by atoms with Crippen molar-refractivity contribution in [3.63, 3.8) is 0 Å². The fourth-order valence-corrected chi connectivity index (χ4v) is 7.72. The molecule has 0 saturated heterocycles. The highest BCUT2D eigenvalue weighted by molar-refractivity contribution is 14.1. The minimum atomic E-state index is -0.628. The number of benzene rings is 3. The van der Waals surface area contributed by atoms with E-state index >= 15 is 0 Å². The van der Waals surface area contributed by atoms with Gasteiger partial charge in [-0.15, -0.1) is 0 Å². The summed E-state index contributed by atoms with van der Waals surface area (Å²) in [5, 5.41) is 0. The number of esters is 1. The normalized spacial score (nSPS) is 15.0. The summed E-state index contributed by atoms with van der Waals surface area (Å²) in [6.07, 6.45) is 1.86. The SMILES string of the molecule is CCOC(=O)C1=C(C)N=c2s/c(=C/c3cc(Br)c(OCc4ccc(I)cc4)c(I)c3)c(=O)n2[C@@H]1c1ccc(C)cc1. The number of rotatable bonds is 7. The van der Waals surface area contributed by atoms with E-state index in [1.807, 2.05) is 49.4 Å². The van der Waals surface area contributed by atoms with Gasteiger partial charge in [-0.05, 0) is 129 Å². The Bertz CT molecular complexity index is 1820. The number of ether oxygens (including phenoxy) is 2. The van der Waals surface area contributed by atoms with Crippen molar-refractivity contribution in [1.29, 1.82) is 0 Å². The summed E-state index contributed by atoms with van der Waals surface area (Å²) in [5.41, 5.74) is 4.56. The van der Waals surface area contributed by atoms with Crippen LogP contribution in [0.1, 0.15) is 42.1 Å². The third-order valence-electron chi connectivity index (χ3n) is 6.52. The zero-order valence-electron chi connectivity index (χ0n) is 22.4. The lowest BCUT2D eigenvalue weighted by molar-refractivity contribution is -0.139. The van der Waals surface area contributed by atoms with E-state index in [1.54, 1.807) is 18.4 Å². The molecule has 2 heterocycles. The summed E-state index contributed by atoms with van der Waals surface area (Å²) in [7, 11) is 0. The molecular formula is C31H25BrI2N2O4S. The van der Waals surface area contributed by atoms with Crippen molar-refractivity contribution in [2.24, 2.45) is 4.99 Å². The monoisotopic (exact) mass is 854 g/mol. The Morgan fingerprint density at radius 2 is 1.80 bits per heavy atom. The predicted octanol–water partition coefficient (Wildman–Crippen LogP) is 6.66. The molecular weight excluding hydrogens is 830 g/mol. The second-order valence-corrected chi connectivity index (χ2v) is 13.7. The molecule has 0 unspecified atom stereocenters. The largest absolute Gasteiger partial charge is 0.487 e. The Hall–Kier alpha value is -2.29. The van der Waals surface area contributed by atoms with Gasteiger partial charge in [0.1, 0.15) is 12.4 Å². The second kappa shape index (κ2) is 12.9. The highest BCUT2D eigenvalue weighted by Gasteiger charge is 2.33. The summed E-state index contributed by atoms with van der Waals surface area (Å²) in [4.78, 5) is 32.2. The van der Waals surface area contributed by atoms with Crippen LogP contribution in [0.15, 0.2) is 86.2 Å². The van der Waals surface area contributed by atoms with Gasteiger partial charge in [0.05, 0.1) is 36.5 Å². The van der Waals surface area contributed by atoms with E-state index in [4.69, 9.17) is 9.47 Å². The molecule has 0 N–H and O–H groups in total. The van der Waals surface area contributed by atoms with Gasteiger partial charge >= 0.3 is 5.97 Å². The van der Waals surface area contributed by atoms with Gasteiger partial charge in [-0.2, -0.15) is 0 Å². The lowest BCUT2D eigenvalue weighted by Gasteiger charge is -2.24. The van der Waals surface area contributed by atoms with Crippen LogP contribution in [0.2, 0.25) is 0 Å². The number of thiazole rings is 1. The van der Waals surface area contributed by atoms with Gasteiger partial charge in [0.15, 0.2) is 4.80 Å². The van der Waals surface area contributed by atoms with E-state index < -0.39 is 12.0 Å². The number of halogens is 3. The van der Waals surface area contributed by atoms with E-state index in [2.05, 4.69) is 90.4 Å². The molecule has 210 valence electrons. The number of carbonyl (C=O) groups is 1. The highest BCUT2D eigenvalue weighted by atomic mass is 127. The molecule has 3 aromatic carbocycles. The van der Waals surface area contributed by atoms with Crippen molar-refractivity contribution in [1.82, 2.24) is 4.57 Å². The molecule has 4 aromatic rings. The quantitative estimate of drug-likeness (QED) is 0.154. The number of nitrogens with zero attached hydrogens (tertiary/aromatic N) is 2. The van der Waals surface area contributed by atoms with E-state index in [9.17, 15) is 9.59 Å². The predicted molar refractivity (Wildman–Crippen MR) is 182 cm³/mol. The Labute approximate surface area is 277 Å². The lowest BCUT2D eigenvalue weighted by Crippen LogP contribution is -2.39. The average Bonchev–Trinajstić information content (AvgIpc) is 3.23. The molecule has 0 amide bonds. The Balaban J connectivity index is 1.54. The van der Waals surface area contributed by atoms with Crippen molar-refractivity contribution in [2.75, 3.05) is 6.61 Å². The number of carbonyl (C=O) groups excluding carboxylic acids is 1. The Morgan fingerprint density at radius 1 is 1.10 bits per heavy atom. The van der Waals surface area contributed by atoms with Crippen LogP contribution in [0.5, 0.6) is 5.75 Å². The maximum absolute atomic E-state index is 13.9. The maximum atomic E-state index is 13.9. The van der Waals surface area contributed by atoms with Crippen LogP contribution >= 0.6 is 72.4 Å². The molecule has 1 aromatic heterocycles. The van der Waals surface area contributed by atoms with Gasteiger partial charge in [0.25, 0.3) is 5.56 Å². The number of fused-ring (bicyclic) bond motifs is 1. The minimum absolute atomic E-state index is 0.209. The first kappa shape index (κ1) is 30.2. The zero-order valence-corrected chi connectivity index (χ0v) is 29.1. The fourth-order valence-electron chi connectivity index (χ4n) is 4.54. The number of aryl methyl sites for hydroxylation is 1. The average molecular weight is 855 g/mol. The summed E-state index contributed by atoms with van der Waals surface area (Å²) < 4.78 is 16.5. The number of hydrogen-bond donors (Lipinski definition) is 0. The zero-order chi connectivity index (χ0) is 29.3. The van der Waals surface area contributed by atoms with Crippen LogP contribution in [-0.2, 0) is 16.1 Å². The van der Waals surface area contributed by atoms with Crippen molar-refractivity contribution in [3.8, 4) is 5.75 Å². The van der Waals surface area contributed by atoms with E-state index in [1.165, 1.54) is 14.9 Å². The summed E-state index contributed by atoms with van der Waals surface area (Å²) >= 11 is 9.49. The van der Waals surface area contributed by atoms with Crippen LogP contribution < -0.4 is 19.6 Å². The molecule has 10 heteroatoms. The molecule has 1 atom stereocenters. The highest BCUT2D eigenvalue weighted by Crippen LogP contribution is 2.33. The molecule has 1 aliphatic heterocycles. The van der Waals surface area contributed by atoms with Gasteiger partial charge in [-0.3, -0.25) is 9.36 Å². The van der Waals surface area contributed by atoms with Crippen molar-refractivity contribution in [3.05, 3.63) is 125 Å². The maximum Gasteiger partial charge on any atom is 0.338 e. The molecule has 0 aliphatic carbocycles. The van der Waals surface area contributed by atoms with Gasteiger partial charge < -0.3 is 9.47 Å². The number of allylic oxidation sites excluding steroid dienone is 1. The topological polar surface area (TPSA) is 69.9 Å². The van der Waals surface area contributed by atoms with Crippen molar-refractivity contribution >= 4 is 84.5 Å². The van der Waals surface area contributed by atoms with Gasteiger partial charge in [-0.25, -0.2) is 9.79 Å². The smallest absolute Gasteiger partial charge is 0.338 e. The lowest BCUT2D eigenvalue weighted by atomic mass is 9.95. The number of aromatic nitrogens is 1. The third-order valence-corrected chi connectivity index (χ3v) is 9.62. The first-order chi connectivity index (χ1) is 19.7. The van der Waals surface area contributed by atoms with Crippen LogP contribution in [-0.4, -0.2) is 17.1 Å². The summed E-state index contributed by atoms with van der Waals surface area (Å²) in [5.74, 6) is 0.282. The first-order valence-corrected chi connectivity index (χ1v) is 16.6. The molecule has 0 spiro atoms. The number of hydrogen-bond acceptors (Lipinski definition) is 6. The van der Waals surface area contributed by atoms with Crippen molar-refractivity contribution in [2.45, 2.75) is 33.4 Å². The molecule has 0 bridgehead atoms. The van der Waals surface area contributed by atoms with E-state index in [0.29, 0.717) is 27.2 Å². The first-order valence-electron chi connectivity index (χ1n) is 12.8. The molecule has 1 aliphatic rings. The van der Waals surface area contributed by atoms with Crippen molar-refractivity contribution < 1.29 is 14.3 Å². The van der Waals surface area contributed by atoms with E-state index in [0.717, 1.165) is 36.0 Å². The summed E-state index contributed by atoms with van der Waals surface area (Å²) in [6, 6.07) is 19.4. The van der Waals surface area contributed by atoms with Crippen LogP contribution in [0.3, 0.4) is 0 Å². The van der Waals surface area contributed by atoms with Gasteiger partial charge in [0, 0.05) is 3.57 Å². The molecule has 5 rings (SSSR count).